The van der Waals surface area contributed by atoms with Crippen LogP contribution in [0.25, 0.3) is 28.0 Å². The number of nitrogens with one attached hydrogen (secondary N) is 1. The summed E-state index contributed by atoms with van der Waals surface area (Å²) in [5.41, 5.74) is 5.66. The maximum atomic E-state index is 12.8. The van der Waals surface area contributed by atoms with Crippen molar-refractivity contribution in [2.24, 2.45) is 0 Å². The number of ether oxygens (including phenoxy) is 2. The summed E-state index contributed by atoms with van der Waals surface area (Å²) in [5.74, 6) is 1.58. The fourth-order valence-electron chi connectivity index (χ4n) is 3.59. The van der Waals surface area contributed by atoms with Gasteiger partial charge >= 0.3 is 0 Å². The van der Waals surface area contributed by atoms with Crippen molar-refractivity contribution in [2.45, 2.75) is 20.8 Å². The summed E-state index contributed by atoms with van der Waals surface area (Å²) < 4.78 is 12.4. The molecule has 148 valence electrons. The van der Waals surface area contributed by atoms with Gasteiger partial charge in [0.15, 0.2) is 5.65 Å². The molecule has 1 N–H and O–H groups in total. The molecule has 0 saturated heterocycles. The Kier molecular flexibility index (Phi) is 4.84. The Morgan fingerprint density at radius 1 is 1.07 bits per heavy atom. The van der Waals surface area contributed by atoms with Crippen molar-refractivity contribution in [3.8, 4) is 33.9 Å². The van der Waals surface area contributed by atoms with E-state index in [1.165, 1.54) is 10.6 Å². The van der Waals surface area contributed by atoms with Crippen molar-refractivity contribution in [3.05, 3.63) is 70.1 Å². The summed E-state index contributed by atoms with van der Waals surface area (Å²) in [5, 5.41) is 3.14. The molecule has 0 atom stereocenters. The van der Waals surface area contributed by atoms with Crippen LogP contribution in [0.1, 0.15) is 18.2 Å². The molecule has 29 heavy (non-hydrogen) atoms. The van der Waals surface area contributed by atoms with E-state index < -0.39 is 0 Å². The lowest BCUT2D eigenvalue weighted by molar-refractivity contribution is 0.340. The lowest BCUT2D eigenvalue weighted by Gasteiger charge is -2.08. The van der Waals surface area contributed by atoms with Gasteiger partial charge in [0.1, 0.15) is 11.5 Å². The maximum Gasteiger partial charge on any atom is 0.273 e. The molecular formula is C23H23N3O3. The number of methoxy groups -OCH3 is 1. The van der Waals surface area contributed by atoms with Gasteiger partial charge in [-0.25, -0.2) is 9.50 Å². The summed E-state index contributed by atoms with van der Waals surface area (Å²) in [6.07, 6.45) is 0. The summed E-state index contributed by atoms with van der Waals surface area (Å²) in [6, 6.07) is 15.1. The maximum absolute atomic E-state index is 12.8. The van der Waals surface area contributed by atoms with Crippen LogP contribution in [0.4, 0.5) is 0 Å². The molecule has 0 aliphatic rings. The lowest BCUT2D eigenvalue weighted by Crippen LogP contribution is -2.14. The standard InChI is InChI=1S/C23H23N3O3/c1-5-29-18-8-6-7-16(12-18)19-13-21(27)26-23(24-19)22(15(3)25-26)17-9-10-20(28-4)14(2)11-17/h6-13,25H,5H2,1-4H3. The first-order valence-corrected chi connectivity index (χ1v) is 9.52. The van der Waals surface area contributed by atoms with Gasteiger partial charge in [-0.05, 0) is 56.2 Å². The number of H-pyrrole nitrogens is 1. The minimum atomic E-state index is -0.161. The Bertz CT molecular complexity index is 1250. The van der Waals surface area contributed by atoms with E-state index in [0.717, 1.165) is 39.4 Å². The molecule has 4 rings (SSSR count). The van der Waals surface area contributed by atoms with Gasteiger partial charge in [0.2, 0.25) is 0 Å². The third-order valence-electron chi connectivity index (χ3n) is 4.92. The van der Waals surface area contributed by atoms with E-state index in [1.54, 1.807) is 7.11 Å². The van der Waals surface area contributed by atoms with Crippen molar-refractivity contribution < 1.29 is 9.47 Å². The molecule has 0 aliphatic carbocycles. The third-order valence-corrected chi connectivity index (χ3v) is 4.92. The Balaban J connectivity index is 1.91. The Labute approximate surface area is 168 Å². The second-order valence-electron chi connectivity index (χ2n) is 6.90. The molecule has 0 radical (unpaired) electrons. The van der Waals surface area contributed by atoms with Crippen molar-refractivity contribution in [1.82, 2.24) is 14.6 Å². The Hall–Kier alpha value is -3.54. The van der Waals surface area contributed by atoms with E-state index in [4.69, 9.17) is 14.5 Å². The SMILES string of the molecule is CCOc1cccc(-c2cc(=O)n3[nH]c(C)c(-c4ccc(OC)c(C)c4)c3n2)c1. The number of nitrogens with zero attached hydrogens (tertiary/aromatic N) is 2. The number of hydrogen-bond acceptors (Lipinski definition) is 4. The molecule has 0 aliphatic heterocycles. The average Bonchev–Trinajstić information content (AvgIpc) is 3.05. The normalized spacial score (nSPS) is 11.0. The number of benzene rings is 2. The predicted octanol–water partition coefficient (Wildman–Crippen LogP) is 4.38. The summed E-state index contributed by atoms with van der Waals surface area (Å²) in [4.78, 5) is 17.6. The number of fused-ring (bicyclic) bond motifs is 1. The molecule has 0 spiro atoms. The highest BCUT2D eigenvalue weighted by atomic mass is 16.5. The number of aromatic nitrogens is 3. The van der Waals surface area contributed by atoms with Crippen LogP contribution in [0.3, 0.4) is 0 Å². The molecule has 0 fully saturated rings. The lowest BCUT2D eigenvalue weighted by atomic mass is 10.0. The molecule has 6 heteroatoms. The third kappa shape index (κ3) is 3.38. The zero-order chi connectivity index (χ0) is 20.5. The predicted molar refractivity (Wildman–Crippen MR) is 114 cm³/mol. The average molecular weight is 389 g/mol. The largest absolute Gasteiger partial charge is 0.496 e. The van der Waals surface area contributed by atoms with Gasteiger partial charge < -0.3 is 9.47 Å². The molecule has 6 nitrogen and oxygen atoms in total. The van der Waals surface area contributed by atoms with E-state index in [1.807, 2.05) is 63.2 Å². The highest BCUT2D eigenvalue weighted by molar-refractivity contribution is 5.81. The van der Waals surface area contributed by atoms with Crippen LogP contribution in [0, 0.1) is 13.8 Å². The van der Waals surface area contributed by atoms with Crippen LogP contribution < -0.4 is 15.0 Å². The first kappa shape index (κ1) is 18.8. The quantitative estimate of drug-likeness (QED) is 0.550. The smallest absolute Gasteiger partial charge is 0.273 e. The van der Waals surface area contributed by atoms with Gasteiger partial charge in [0.25, 0.3) is 5.56 Å². The molecule has 2 aromatic heterocycles. The Morgan fingerprint density at radius 2 is 1.90 bits per heavy atom. The first-order valence-electron chi connectivity index (χ1n) is 9.52. The molecule has 2 heterocycles. The van der Waals surface area contributed by atoms with Crippen LogP contribution in [-0.4, -0.2) is 28.3 Å². The van der Waals surface area contributed by atoms with Crippen molar-refractivity contribution in [2.75, 3.05) is 13.7 Å². The van der Waals surface area contributed by atoms with E-state index in [2.05, 4.69) is 5.10 Å². The number of hydrogen-bond donors (Lipinski definition) is 1. The van der Waals surface area contributed by atoms with Crippen LogP contribution in [0.5, 0.6) is 11.5 Å². The van der Waals surface area contributed by atoms with Crippen molar-refractivity contribution >= 4 is 5.65 Å². The highest BCUT2D eigenvalue weighted by Gasteiger charge is 2.16. The first-order chi connectivity index (χ1) is 14.0. The van der Waals surface area contributed by atoms with Gasteiger partial charge in [-0.15, -0.1) is 0 Å². The van der Waals surface area contributed by atoms with Crippen molar-refractivity contribution in [1.29, 1.82) is 0 Å². The summed E-state index contributed by atoms with van der Waals surface area (Å²) in [7, 11) is 1.66. The monoisotopic (exact) mass is 389 g/mol. The summed E-state index contributed by atoms with van der Waals surface area (Å²) in [6.45, 7) is 6.46. The molecule has 4 aromatic rings. The molecule has 0 amide bonds. The van der Waals surface area contributed by atoms with Gasteiger partial charge in [-0.3, -0.25) is 9.89 Å². The van der Waals surface area contributed by atoms with E-state index in [0.29, 0.717) is 17.9 Å². The number of aryl methyl sites for hydroxylation is 2. The fraction of sp³-hybridized carbons (Fsp3) is 0.217. The zero-order valence-electron chi connectivity index (χ0n) is 16.9. The van der Waals surface area contributed by atoms with Gasteiger partial charge in [0, 0.05) is 22.9 Å². The van der Waals surface area contributed by atoms with Gasteiger partial charge in [-0.2, -0.15) is 0 Å². The van der Waals surface area contributed by atoms with Gasteiger partial charge in [-0.1, -0.05) is 18.2 Å². The van der Waals surface area contributed by atoms with Crippen LogP contribution >= 0.6 is 0 Å². The highest BCUT2D eigenvalue weighted by Crippen LogP contribution is 2.31. The van der Waals surface area contributed by atoms with E-state index in [-0.39, 0.29) is 5.56 Å². The van der Waals surface area contributed by atoms with Gasteiger partial charge in [0.05, 0.1) is 19.4 Å². The number of rotatable bonds is 5. The van der Waals surface area contributed by atoms with Crippen LogP contribution in [0.2, 0.25) is 0 Å². The molecule has 2 aromatic carbocycles. The van der Waals surface area contributed by atoms with Crippen LogP contribution in [-0.2, 0) is 0 Å². The van der Waals surface area contributed by atoms with Crippen molar-refractivity contribution in [3.63, 3.8) is 0 Å². The molecule has 0 bridgehead atoms. The topological polar surface area (TPSA) is 68.6 Å². The number of aromatic amines is 1. The fourth-order valence-corrected chi connectivity index (χ4v) is 3.59. The van der Waals surface area contributed by atoms with Crippen LogP contribution in [0.15, 0.2) is 53.3 Å². The second-order valence-corrected chi connectivity index (χ2v) is 6.90. The second kappa shape index (κ2) is 7.47. The van der Waals surface area contributed by atoms with E-state index >= 15 is 0 Å². The van der Waals surface area contributed by atoms with E-state index in [9.17, 15) is 4.79 Å². The Morgan fingerprint density at radius 3 is 2.62 bits per heavy atom. The molecular weight excluding hydrogens is 366 g/mol. The zero-order valence-corrected chi connectivity index (χ0v) is 16.9. The minimum Gasteiger partial charge on any atom is -0.496 e. The molecule has 0 saturated carbocycles. The molecule has 0 unspecified atom stereocenters. The minimum absolute atomic E-state index is 0.161. The summed E-state index contributed by atoms with van der Waals surface area (Å²) >= 11 is 0.